The minimum atomic E-state index is 0.177. The summed E-state index contributed by atoms with van der Waals surface area (Å²) >= 11 is 0. The first-order valence-corrected chi connectivity index (χ1v) is 6.41. The zero-order valence-electron chi connectivity index (χ0n) is 11.5. The lowest BCUT2D eigenvalue weighted by molar-refractivity contribution is 0.582. The molecular weight excluding hydrogens is 210 g/mol. The van der Waals surface area contributed by atoms with Gasteiger partial charge in [-0.1, -0.05) is 19.9 Å². The van der Waals surface area contributed by atoms with Gasteiger partial charge in [0, 0.05) is 25.8 Å². The largest absolute Gasteiger partial charge is 0.359 e. The highest BCUT2D eigenvalue weighted by molar-refractivity contribution is 5.46. The van der Waals surface area contributed by atoms with Gasteiger partial charge in [-0.2, -0.15) is 0 Å². The second kappa shape index (κ2) is 6.60. The lowest BCUT2D eigenvalue weighted by Crippen LogP contribution is -2.25. The average molecular weight is 235 g/mol. The Morgan fingerprint density at radius 2 is 2.06 bits per heavy atom. The van der Waals surface area contributed by atoms with E-state index in [0.717, 1.165) is 24.7 Å². The molecule has 0 spiro atoms. The van der Waals surface area contributed by atoms with Gasteiger partial charge in [0.15, 0.2) is 0 Å². The first kappa shape index (κ1) is 14.0. The van der Waals surface area contributed by atoms with Gasteiger partial charge in [0.25, 0.3) is 0 Å². The molecule has 0 fully saturated rings. The molecule has 0 aliphatic carbocycles. The van der Waals surface area contributed by atoms with Crippen LogP contribution in [0.3, 0.4) is 0 Å². The lowest BCUT2D eigenvalue weighted by Gasteiger charge is -2.22. The third kappa shape index (κ3) is 4.73. The molecule has 0 saturated carbocycles. The fourth-order valence-corrected chi connectivity index (χ4v) is 1.84. The third-order valence-corrected chi connectivity index (χ3v) is 2.81. The van der Waals surface area contributed by atoms with E-state index in [-0.39, 0.29) is 6.04 Å². The van der Waals surface area contributed by atoms with Gasteiger partial charge in [-0.15, -0.1) is 0 Å². The second-order valence-corrected chi connectivity index (χ2v) is 5.27. The van der Waals surface area contributed by atoms with Crippen molar-refractivity contribution < 1.29 is 0 Å². The minimum absolute atomic E-state index is 0.177. The predicted octanol–water partition coefficient (Wildman–Crippen LogP) is 2.45. The minimum Gasteiger partial charge on any atom is -0.359 e. The van der Waals surface area contributed by atoms with E-state index in [4.69, 9.17) is 5.73 Å². The highest BCUT2D eigenvalue weighted by Crippen LogP contribution is 2.18. The van der Waals surface area contributed by atoms with Crippen LogP contribution in [-0.4, -0.2) is 24.6 Å². The van der Waals surface area contributed by atoms with Crippen molar-refractivity contribution in [3.8, 4) is 0 Å². The Balaban J connectivity index is 2.74. The van der Waals surface area contributed by atoms with Crippen LogP contribution in [0.4, 0.5) is 5.82 Å². The summed E-state index contributed by atoms with van der Waals surface area (Å²) in [4.78, 5) is 6.71. The molecule has 1 atom stereocenters. The number of hydrogen-bond donors (Lipinski definition) is 1. The number of pyridine rings is 1. The van der Waals surface area contributed by atoms with Crippen LogP contribution in [0.25, 0.3) is 0 Å². The van der Waals surface area contributed by atoms with E-state index in [9.17, 15) is 0 Å². The summed E-state index contributed by atoms with van der Waals surface area (Å²) in [6, 6.07) is 4.28. The summed E-state index contributed by atoms with van der Waals surface area (Å²) in [6.07, 6.45) is 3.92. The molecule has 0 aromatic carbocycles. The molecule has 0 bridgehead atoms. The first-order valence-electron chi connectivity index (χ1n) is 6.41. The van der Waals surface area contributed by atoms with E-state index in [1.165, 1.54) is 12.0 Å². The van der Waals surface area contributed by atoms with Crippen molar-refractivity contribution in [1.29, 1.82) is 0 Å². The van der Waals surface area contributed by atoms with Crippen molar-refractivity contribution in [1.82, 2.24) is 4.98 Å². The molecular formula is C14H25N3. The summed E-state index contributed by atoms with van der Waals surface area (Å²) in [5.74, 6) is 1.79. The van der Waals surface area contributed by atoms with Crippen LogP contribution in [0, 0.1) is 5.92 Å². The SMILES string of the molecule is CC(C)CCN(C)c1ncccc1CC(C)N. The summed E-state index contributed by atoms with van der Waals surface area (Å²) in [5.41, 5.74) is 7.11. The Morgan fingerprint density at radius 3 is 2.65 bits per heavy atom. The second-order valence-electron chi connectivity index (χ2n) is 5.27. The maximum absolute atomic E-state index is 5.87. The van der Waals surface area contributed by atoms with Crippen LogP contribution in [0.1, 0.15) is 32.8 Å². The molecule has 1 aromatic heterocycles. The lowest BCUT2D eigenvalue weighted by atomic mass is 10.1. The van der Waals surface area contributed by atoms with Crippen molar-refractivity contribution in [2.75, 3.05) is 18.5 Å². The normalized spacial score (nSPS) is 12.8. The van der Waals surface area contributed by atoms with E-state index in [1.54, 1.807) is 0 Å². The molecule has 1 aromatic rings. The maximum atomic E-state index is 5.87. The molecule has 3 heteroatoms. The van der Waals surface area contributed by atoms with E-state index in [2.05, 4.69) is 36.8 Å². The molecule has 0 amide bonds. The molecule has 0 radical (unpaired) electrons. The summed E-state index contributed by atoms with van der Waals surface area (Å²) in [6.45, 7) is 7.57. The van der Waals surface area contributed by atoms with Gasteiger partial charge in [0.2, 0.25) is 0 Å². The molecule has 2 N–H and O–H groups in total. The van der Waals surface area contributed by atoms with Gasteiger partial charge >= 0.3 is 0 Å². The first-order chi connectivity index (χ1) is 8.00. The molecule has 0 saturated heterocycles. The molecule has 1 unspecified atom stereocenters. The van der Waals surface area contributed by atoms with Gasteiger partial charge in [-0.25, -0.2) is 4.98 Å². The molecule has 0 aliphatic rings. The van der Waals surface area contributed by atoms with E-state index >= 15 is 0 Å². The number of rotatable bonds is 6. The highest BCUT2D eigenvalue weighted by Gasteiger charge is 2.10. The molecule has 96 valence electrons. The van der Waals surface area contributed by atoms with Crippen LogP contribution in [0.5, 0.6) is 0 Å². The van der Waals surface area contributed by atoms with Crippen molar-refractivity contribution in [3.05, 3.63) is 23.9 Å². The van der Waals surface area contributed by atoms with Crippen molar-refractivity contribution in [2.45, 2.75) is 39.7 Å². The smallest absolute Gasteiger partial charge is 0.131 e. The Hall–Kier alpha value is -1.09. The van der Waals surface area contributed by atoms with E-state index in [1.807, 2.05) is 19.2 Å². The number of nitrogens with two attached hydrogens (primary N) is 1. The Bertz CT molecular complexity index is 334. The van der Waals surface area contributed by atoms with Crippen LogP contribution in [-0.2, 0) is 6.42 Å². The maximum Gasteiger partial charge on any atom is 0.131 e. The topological polar surface area (TPSA) is 42.2 Å². The van der Waals surface area contributed by atoms with E-state index in [0.29, 0.717) is 0 Å². The van der Waals surface area contributed by atoms with Crippen molar-refractivity contribution in [2.24, 2.45) is 11.7 Å². The molecule has 17 heavy (non-hydrogen) atoms. The van der Waals surface area contributed by atoms with Crippen molar-refractivity contribution >= 4 is 5.82 Å². The quantitative estimate of drug-likeness (QED) is 0.823. The van der Waals surface area contributed by atoms with E-state index < -0.39 is 0 Å². The Kier molecular flexibility index (Phi) is 5.42. The third-order valence-electron chi connectivity index (χ3n) is 2.81. The van der Waals surface area contributed by atoms with Gasteiger partial charge < -0.3 is 10.6 Å². The van der Waals surface area contributed by atoms with Crippen LogP contribution < -0.4 is 10.6 Å². The van der Waals surface area contributed by atoms with Crippen molar-refractivity contribution in [3.63, 3.8) is 0 Å². The standard InChI is InChI=1S/C14H25N3/c1-11(2)7-9-17(4)14-13(10-12(3)15)6-5-8-16-14/h5-6,8,11-12H,7,9-10,15H2,1-4H3. The Labute approximate surface area is 105 Å². The van der Waals surface area contributed by atoms with Gasteiger partial charge in [0.05, 0.1) is 0 Å². The monoisotopic (exact) mass is 235 g/mol. The van der Waals surface area contributed by atoms with Gasteiger partial charge in [0.1, 0.15) is 5.82 Å². The van der Waals surface area contributed by atoms with Gasteiger partial charge in [-0.3, -0.25) is 0 Å². The average Bonchev–Trinajstić information content (AvgIpc) is 2.25. The number of nitrogens with zero attached hydrogens (tertiary/aromatic N) is 2. The van der Waals surface area contributed by atoms with Gasteiger partial charge in [-0.05, 0) is 37.3 Å². The fourth-order valence-electron chi connectivity index (χ4n) is 1.84. The Morgan fingerprint density at radius 1 is 1.35 bits per heavy atom. The molecule has 3 nitrogen and oxygen atoms in total. The fraction of sp³-hybridized carbons (Fsp3) is 0.643. The summed E-state index contributed by atoms with van der Waals surface area (Å²) in [7, 11) is 2.11. The number of aromatic nitrogens is 1. The number of hydrogen-bond acceptors (Lipinski definition) is 3. The summed E-state index contributed by atoms with van der Waals surface area (Å²) in [5, 5.41) is 0. The molecule has 1 heterocycles. The van der Waals surface area contributed by atoms with Crippen LogP contribution >= 0.6 is 0 Å². The molecule has 0 aliphatic heterocycles. The summed E-state index contributed by atoms with van der Waals surface area (Å²) < 4.78 is 0. The van der Waals surface area contributed by atoms with Crippen LogP contribution in [0.2, 0.25) is 0 Å². The zero-order valence-corrected chi connectivity index (χ0v) is 11.5. The highest BCUT2D eigenvalue weighted by atomic mass is 15.2. The van der Waals surface area contributed by atoms with Crippen LogP contribution in [0.15, 0.2) is 18.3 Å². The zero-order chi connectivity index (χ0) is 12.8. The number of anilines is 1. The predicted molar refractivity (Wildman–Crippen MR) is 74.3 cm³/mol. The molecule has 1 rings (SSSR count).